The molecular weight excluding hydrogens is 430 g/mol. The normalized spacial score (nSPS) is 12.7. The lowest BCUT2D eigenvalue weighted by molar-refractivity contribution is -0.131. The minimum Gasteiger partial charge on any atom is -0.368 e. The molecule has 0 aliphatic carbocycles. The predicted octanol–water partition coefficient (Wildman–Crippen LogP) is 1.93. The summed E-state index contributed by atoms with van der Waals surface area (Å²) in [4.78, 5) is 40.9. The van der Waals surface area contributed by atoms with Crippen molar-refractivity contribution in [1.82, 2.24) is 15.6 Å². The summed E-state index contributed by atoms with van der Waals surface area (Å²) in [5.41, 5.74) is 14.0. The van der Waals surface area contributed by atoms with E-state index in [1.54, 1.807) is 0 Å². The number of carbonyl (C=O) groups excluding carboxylic acids is 3. The van der Waals surface area contributed by atoms with E-state index in [0.29, 0.717) is 32.2 Å². The third kappa shape index (κ3) is 7.18. The lowest BCUT2D eigenvalue weighted by Gasteiger charge is -2.22. The topological polar surface area (TPSA) is 143 Å². The van der Waals surface area contributed by atoms with Crippen LogP contribution >= 0.6 is 0 Å². The second-order valence-electron chi connectivity index (χ2n) is 8.42. The quantitative estimate of drug-likeness (QED) is 0.247. The Morgan fingerprint density at radius 1 is 0.912 bits per heavy atom. The Hall–Kier alpha value is -3.65. The van der Waals surface area contributed by atoms with Gasteiger partial charge in [-0.25, -0.2) is 0 Å². The molecule has 0 radical (unpaired) electrons. The van der Waals surface area contributed by atoms with Crippen molar-refractivity contribution in [3.05, 3.63) is 71.9 Å². The second-order valence-corrected chi connectivity index (χ2v) is 8.42. The first-order valence-electron chi connectivity index (χ1n) is 11.7. The minimum absolute atomic E-state index is 0.232. The molecule has 8 nitrogen and oxygen atoms in total. The van der Waals surface area contributed by atoms with Gasteiger partial charge in [-0.1, -0.05) is 48.5 Å². The molecule has 180 valence electrons. The molecule has 0 fully saturated rings. The number of H-pyrrole nitrogens is 1. The van der Waals surface area contributed by atoms with Crippen LogP contribution in [-0.4, -0.2) is 41.3 Å². The van der Waals surface area contributed by atoms with Gasteiger partial charge >= 0.3 is 0 Å². The largest absolute Gasteiger partial charge is 0.368 e. The van der Waals surface area contributed by atoms with Crippen LogP contribution in [0.1, 0.15) is 36.8 Å². The van der Waals surface area contributed by atoms with Gasteiger partial charge in [0.2, 0.25) is 17.7 Å². The van der Waals surface area contributed by atoms with Crippen LogP contribution in [0.25, 0.3) is 10.9 Å². The Balaban J connectivity index is 1.65. The molecule has 3 rings (SSSR count). The molecule has 3 amide bonds. The molecule has 0 aliphatic rings. The number of hydrogen-bond donors (Lipinski definition) is 5. The van der Waals surface area contributed by atoms with E-state index in [9.17, 15) is 14.4 Å². The SMILES string of the molecule is NCCCC[C@H](NC(=O)[C@@H](Cc1ccccc1)NC(=O)CCc1c[nH]c2ccccc12)C(N)=O. The summed E-state index contributed by atoms with van der Waals surface area (Å²) < 4.78 is 0. The number of para-hydroxylation sites is 1. The number of hydrogen-bond acceptors (Lipinski definition) is 4. The van der Waals surface area contributed by atoms with Crippen LogP contribution < -0.4 is 22.1 Å². The van der Waals surface area contributed by atoms with Crippen LogP contribution in [0.2, 0.25) is 0 Å². The molecular formula is C26H33N5O3. The van der Waals surface area contributed by atoms with Crippen LogP contribution in [0.3, 0.4) is 0 Å². The van der Waals surface area contributed by atoms with Crippen LogP contribution in [0.5, 0.6) is 0 Å². The highest BCUT2D eigenvalue weighted by atomic mass is 16.2. The lowest BCUT2D eigenvalue weighted by atomic mass is 10.0. The summed E-state index contributed by atoms with van der Waals surface area (Å²) in [5.74, 6) is -1.27. The van der Waals surface area contributed by atoms with Gasteiger partial charge < -0.3 is 27.1 Å². The zero-order chi connectivity index (χ0) is 24.3. The highest BCUT2D eigenvalue weighted by molar-refractivity contribution is 5.92. The summed E-state index contributed by atoms with van der Waals surface area (Å²) in [5, 5.41) is 6.65. The predicted molar refractivity (Wildman–Crippen MR) is 133 cm³/mol. The number of primary amides is 1. The molecule has 34 heavy (non-hydrogen) atoms. The number of nitrogens with two attached hydrogens (primary N) is 2. The zero-order valence-electron chi connectivity index (χ0n) is 19.3. The molecule has 0 spiro atoms. The number of aromatic nitrogens is 1. The van der Waals surface area contributed by atoms with E-state index in [2.05, 4.69) is 15.6 Å². The number of unbranched alkanes of at least 4 members (excludes halogenated alkanes) is 1. The Labute approximate surface area is 199 Å². The van der Waals surface area contributed by atoms with Gasteiger partial charge in [-0.05, 0) is 49.4 Å². The lowest BCUT2D eigenvalue weighted by Crippen LogP contribution is -2.53. The molecule has 2 aromatic carbocycles. The van der Waals surface area contributed by atoms with E-state index >= 15 is 0 Å². The van der Waals surface area contributed by atoms with E-state index in [1.165, 1.54) is 0 Å². The van der Waals surface area contributed by atoms with Gasteiger partial charge in [-0.15, -0.1) is 0 Å². The van der Waals surface area contributed by atoms with Crippen molar-refractivity contribution in [1.29, 1.82) is 0 Å². The van der Waals surface area contributed by atoms with Gasteiger partial charge in [-0.2, -0.15) is 0 Å². The standard InChI is InChI=1S/C26H33N5O3/c27-15-7-6-12-22(25(28)33)31-26(34)23(16-18-8-2-1-3-9-18)30-24(32)14-13-19-17-29-21-11-5-4-10-20(19)21/h1-5,8-11,17,22-23,29H,6-7,12-16,27H2,(H2,28,33)(H,30,32)(H,31,34)/t22-,23+/m0/s1. The molecule has 2 atom stereocenters. The monoisotopic (exact) mass is 463 g/mol. The first-order chi connectivity index (χ1) is 16.5. The van der Waals surface area contributed by atoms with Crippen LogP contribution in [0.15, 0.2) is 60.8 Å². The number of aryl methyl sites for hydroxylation is 1. The van der Waals surface area contributed by atoms with Crippen LogP contribution in [0, 0.1) is 0 Å². The Morgan fingerprint density at radius 2 is 1.65 bits per heavy atom. The molecule has 0 bridgehead atoms. The Bertz CT molecular complexity index is 1100. The van der Waals surface area contributed by atoms with Crippen LogP contribution in [0.4, 0.5) is 0 Å². The minimum atomic E-state index is -0.825. The van der Waals surface area contributed by atoms with Gasteiger partial charge in [-0.3, -0.25) is 14.4 Å². The average Bonchev–Trinajstić information content (AvgIpc) is 3.25. The van der Waals surface area contributed by atoms with E-state index in [0.717, 1.165) is 28.5 Å². The number of fused-ring (bicyclic) bond motifs is 1. The van der Waals surface area contributed by atoms with Gasteiger partial charge in [0.1, 0.15) is 12.1 Å². The third-order valence-corrected chi connectivity index (χ3v) is 5.84. The molecule has 0 saturated heterocycles. The van der Waals surface area contributed by atoms with Gasteiger partial charge in [0.05, 0.1) is 0 Å². The number of carbonyl (C=O) groups is 3. The number of nitrogens with one attached hydrogen (secondary N) is 3. The Kier molecular flexibility index (Phi) is 9.22. The fourth-order valence-corrected chi connectivity index (χ4v) is 3.96. The average molecular weight is 464 g/mol. The molecule has 0 saturated carbocycles. The summed E-state index contributed by atoms with van der Waals surface area (Å²) in [6.45, 7) is 0.503. The second kappa shape index (κ2) is 12.6. The van der Waals surface area contributed by atoms with Gasteiger partial charge in [0.25, 0.3) is 0 Å². The van der Waals surface area contributed by atoms with E-state index in [1.807, 2.05) is 60.8 Å². The van der Waals surface area contributed by atoms with Crippen molar-refractivity contribution in [2.24, 2.45) is 11.5 Å². The maximum atomic E-state index is 13.1. The summed E-state index contributed by atoms with van der Waals surface area (Å²) in [6.07, 6.45) is 4.80. The maximum absolute atomic E-state index is 13.1. The third-order valence-electron chi connectivity index (χ3n) is 5.84. The summed E-state index contributed by atoms with van der Waals surface area (Å²) in [6, 6.07) is 15.7. The van der Waals surface area contributed by atoms with E-state index in [-0.39, 0.29) is 12.3 Å². The van der Waals surface area contributed by atoms with Crippen LogP contribution in [-0.2, 0) is 27.2 Å². The first-order valence-corrected chi connectivity index (χ1v) is 11.7. The Morgan fingerprint density at radius 3 is 2.38 bits per heavy atom. The van der Waals surface area contributed by atoms with Crippen molar-refractivity contribution in [3.63, 3.8) is 0 Å². The number of rotatable bonds is 13. The smallest absolute Gasteiger partial charge is 0.243 e. The van der Waals surface area contributed by atoms with Gasteiger partial charge in [0, 0.05) is 29.9 Å². The number of amides is 3. The van der Waals surface area contributed by atoms with Crippen molar-refractivity contribution in [2.45, 2.75) is 50.6 Å². The fourth-order valence-electron chi connectivity index (χ4n) is 3.96. The number of benzene rings is 2. The van der Waals surface area contributed by atoms with Crippen molar-refractivity contribution >= 4 is 28.6 Å². The van der Waals surface area contributed by atoms with Crippen molar-refractivity contribution < 1.29 is 14.4 Å². The molecule has 1 aromatic heterocycles. The highest BCUT2D eigenvalue weighted by Crippen LogP contribution is 2.19. The summed E-state index contributed by atoms with van der Waals surface area (Å²) >= 11 is 0. The van der Waals surface area contributed by atoms with Gasteiger partial charge in [0.15, 0.2) is 0 Å². The maximum Gasteiger partial charge on any atom is 0.243 e. The zero-order valence-corrected chi connectivity index (χ0v) is 19.3. The van der Waals surface area contributed by atoms with E-state index < -0.39 is 23.9 Å². The highest BCUT2D eigenvalue weighted by Gasteiger charge is 2.25. The molecule has 7 N–H and O–H groups in total. The molecule has 0 unspecified atom stereocenters. The number of aromatic amines is 1. The van der Waals surface area contributed by atoms with Crippen molar-refractivity contribution in [3.8, 4) is 0 Å². The van der Waals surface area contributed by atoms with Crippen molar-refractivity contribution in [2.75, 3.05) is 6.54 Å². The first kappa shape index (κ1) is 25.0. The molecule has 3 aromatic rings. The molecule has 8 heteroatoms. The summed E-state index contributed by atoms with van der Waals surface area (Å²) in [7, 11) is 0. The fraction of sp³-hybridized carbons (Fsp3) is 0.346. The molecule has 1 heterocycles. The molecule has 0 aliphatic heterocycles. The van der Waals surface area contributed by atoms with E-state index in [4.69, 9.17) is 11.5 Å².